The van der Waals surface area contributed by atoms with Crippen LogP contribution in [0.3, 0.4) is 0 Å². The molecule has 0 aromatic heterocycles. The summed E-state index contributed by atoms with van der Waals surface area (Å²) in [7, 11) is 1.61. The molecule has 2 amide bonds. The molecule has 0 atom stereocenters. The van der Waals surface area contributed by atoms with Gasteiger partial charge in [-0.2, -0.15) is 0 Å². The molecule has 1 heterocycles. The summed E-state index contributed by atoms with van der Waals surface area (Å²) in [6.45, 7) is 9.30. The molecule has 1 aliphatic rings. The minimum atomic E-state index is -0.121. The number of amides is 2. The van der Waals surface area contributed by atoms with Crippen LogP contribution in [0.4, 0.5) is 11.4 Å². The predicted molar refractivity (Wildman–Crippen MR) is 141 cm³/mol. The molecule has 3 aromatic rings. The van der Waals surface area contributed by atoms with Gasteiger partial charge in [-0.25, -0.2) is 0 Å². The molecule has 0 saturated carbocycles. The number of anilines is 2. The van der Waals surface area contributed by atoms with Crippen molar-refractivity contribution in [3.05, 3.63) is 89.5 Å². The number of benzene rings is 3. The van der Waals surface area contributed by atoms with Crippen LogP contribution in [-0.4, -0.2) is 50.0 Å². The Morgan fingerprint density at radius 2 is 1.34 bits per heavy atom. The van der Waals surface area contributed by atoms with Gasteiger partial charge < -0.3 is 19.9 Å². The largest absolute Gasteiger partial charge is 0.497 e. The van der Waals surface area contributed by atoms with Gasteiger partial charge in [0.25, 0.3) is 11.8 Å². The van der Waals surface area contributed by atoms with Crippen molar-refractivity contribution in [2.45, 2.75) is 26.2 Å². The summed E-state index contributed by atoms with van der Waals surface area (Å²) in [4.78, 5) is 29.6. The highest BCUT2D eigenvalue weighted by Gasteiger charge is 2.22. The molecule has 3 aromatic carbocycles. The van der Waals surface area contributed by atoms with E-state index < -0.39 is 0 Å². The smallest absolute Gasteiger partial charge is 0.255 e. The highest BCUT2D eigenvalue weighted by Crippen LogP contribution is 2.24. The van der Waals surface area contributed by atoms with Gasteiger partial charge in [0.15, 0.2) is 0 Å². The number of ether oxygens (including phenoxy) is 1. The van der Waals surface area contributed by atoms with Crippen LogP contribution in [0.25, 0.3) is 0 Å². The first-order valence-corrected chi connectivity index (χ1v) is 11.9. The molecule has 1 N–H and O–H groups in total. The first kappa shape index (κ1) is 24.3. The second kappa shape index (κ2) is 10.2. The summed E-state index contributed by atoms with van der Waals surface area (Å²) in [5.74, 6) is 0.661. The molecule has 0 bridgehead atoms. The van der Waals surface area contributed by atoms with Gasteiger partial charge in [0.05, 0.1) is 7.11 Å². The Morgan fingerprint density at radius 3 is 1.89 bits per heavy atom. The van der Waals surface area contributed by atoms with Crippen LogP contribution in [0.1, 0.15) is 47.1 Å². The minimum Gasteiger partial charge on any atom is -0.497 e. The number of nitrogens with zero attached hydrogens (tertiary/aromatic N) is 2. The molecule has 6 heteroatoms. The van der Waals surface area contributed by atoms with Crippen molar-refractivity contribution in [2.24, 2.45) is 0 Å². The molecule has 0 spiro atoms. The van der Waals surface area contributed by atoms with Crippen molar-refractivity contribution in [1.82, 2.24) is 4.90 Å². The summed E-state index contributed by atoms with van der Waals surface area (Å²) < 4.78 is 5.17. The van der Waals surface area contributed by atoms with E-state index in [2.05, 4.69) is 31.0 Å². The maximum atomic E-state index is 12.8. The standard InChI is InChI=1S/C29H33N3O3/c1-29(2,3)23-9-5-21(6-10-23)27(33)30-24-11-13-25(14-12-24)31-17-19-32(20-18-31)28(34)22-7-15-26(35-4)16-8-22/h5-16H,17-20H2,1-4H3,(H,30,33). The van der Waals surface area contributed by atoms with E-state index >= 15 is 0 Å². The highest BCUT2D eigenvalue weighted by molar-refractivity contribution is 6.04. The van der Waals surface area contributed by atoms with E-state index in [0.29, 0.717) is 24.2 Å². The molecular formula is C29H33N3O3. The van der Waals surface area contributed by atoms with E-state index in [-0.39, 0.29) is 17.2 Å². The van der Waals surface area contributed by atoms with Crippen molar-refractivity contribution in [3.63, 3.8) is 0 Å². The topological polar surface area (TPSA) is 61.9 Å². The van der Waals surface area contributed by atoms with Gasteiger partial charge in [-0.05, 0) is 71.6 Å². The zero-order valence-electron chi connectivity index (χ0n) is 20.9. The molecule has 0 radical (unpaired) electrons. The van der Waals surface area contributed by atoms with Gasteiger partial charge in [-0.1, -0.05) is 32.9 Å². The van der Waals surface area contributed by atoms with E-state index in [1.165, 1.54) is 5.56 Å². The fraction of sp³-hybridized carbons (Fsp3) is 0.310. The molecule has 35 heavy (non-hydrogen) atoms. The van der Waals surface area contributed by atoms with Gasteiger partial charge in [0.2, 0.25) is 0 Å². The van der Waals surface area contributed by atoms with Gasteiger partial charge >= 0.3 is 0 Å². The molecule has 1 saturated heterocycles. The first-order chi connectivity index (χ1) is 16.7. The van der Waals surface area contributed by atoms with Crippen molar-refractivity contribution >= 4 is 23.2 Å². The number of nitrogens with one attached hydrogen (secondary N) is 1. The molecular weight excluding hydrogens is 438 g/mol. The summed E-state index contributed by atoms with van der Waals surface area (Å²) in [5.41, 5.74) is 4.40. The highest BCUT2D eigenvalue weighted by atomic mass is 16.5. The Kier molecular flexibility index (Phi) is 7.10. The first-order valence-electron chi connectivity index (χ1n) is 11.9. The van der Waals surface area contributed by atoms with Gasteiger partial charge in [0.1, 0.15) is 5.75 Å². The third kappa shape index (κ3) is 5.83. The van der Waals surface area contributed by atoms with Crippen LogP contribution in [0, 0.1) is 0 Å². The van der Waals surface area contributed by atoms with Crippen LogP contribution < -0.4 is 15.0 Å². The SMILES string of the molecule is COc1ccc(C(=O)N2CCN(c3ccc(NC(=O)c4ccc(C(C)(C)C)cc4)cc3)CC2)cc1. The van der Waals surface area contributed by atoms with Crippen LogP contribution in [-0.2, 0) is 5.41 Å². The van der Waals surface area contributed by atoms with Crippen molar-refractivity contribution in [2.75, 3.05) is 43.5 Å². The molecule has 0 aliphatic carbocycles. The zero-order valence-corrected chi connectivity index (χ0v) is 20.9. The van der Waals surface area contributed by atoms with Gasteiger partial charge in [-0.15, -0.1) is 0 Å². The summed E-state index contributed by atoms with van der Waals surface area (Å²) in [5, 5.41) is 2.98. The summed E-state index contributed by atoms with van der Waals surface area (Å²) >= 11 is 0. The molecule has 0 unspecified atom stereocenters. The number of carbonyl (C=O) groups excluding carboxylic acids is 2. The van der Waals surface area contributed by atoms with Crippen molar-refractivity contribution in [3.8, 4) is 5.75 Å². The second-order valence-electron chi connectivity index (χ2n) is 9.84. The van der Waals surface area contributed by atoms with Gasteiger partial charge in [-0.3, -0.25) is 9.59 Å². The number of carbonyl (C=O) groups is 2. The lowest BCUT2D eigenvalue weighted by Crippen LogP contribution is -2.48. The van der Waals surface area contributed by atoms with E-state index in [4.69, 9.17) is 4.74 Å². The molecule has 6 nitrogen and oxygen atoms in total. The third-order valence-electron chi connectivity index (χ3n) is 6.41. The van der Waals surface area contributed by atoms with Crippen molar-refractivity contribution in [1.29, 1.82) is 0 Å². The summed E-state index contributed by atoms with van der Waals surface area (Å²) in [6.07, 6.45) is 0. The van der Waals surface area contributed by atoms with E-state index in [0.717, 1.165) is 30.2 Å². The Morgan fingerprint density at radius 1 is 0.771 bits per heavy atom. The maximum Gasteiger partial charge on any atom is 0.255 e. The lowest BCUT2D eigenvalue weighted by molar-refractivity contribution is 0.0746. The second-order valence-corrected chi connectivity index (χ2v) is 9.84. The normalized spacial score (nSPS) is 13.9. The lowest BCUT2D eigenvalue weighted by Gasteiger charge is -2.36. The van der Waals surface area contributed by atoms with Gasteiger partial charge in [0, 0.05) is 48.7 Å². The monoisotopic (exact) mass is 471 g/mol. The quantitative estimate of drug-likeness (QED) is 0.555. The maximum absolute atomic E-state index is 12.8. The number of rotatable bonds is 5. The Balaban J connectivity index is 1.31. The average Bonchev–Trinajstić information content (AvgIpc) is 2.88. The number of piperazine rings is 1. The van der Waals surface area contributed by atoms with Crippen LogP contribution in [0.2, 0.25) is 0 Å². The molecule has 182 valence electrons. The van der Waals surface area contributed by atoms with Crippen LogP contribution in [0.5, 0.6) is 5.75 Å². The predicted octanol–water partition coefficient (Wildman–Crippen LogP) is 5.21. The minimum absolute atomic E-state index is 0.0425. The molecule has 1 fully saturated rings. The lowest BCUT2D eigenvalue weighted by atomic mass is 9.87. The number of hydrogen-bond acceptors (Lipinski definition) is 4. The fourth-order valence-electron chi connectivity index (χ4n) is 4.16. The Labute approximate surface area is 207 Å². The van der Waals surface area contributed by atoms with E-state index in [9.17, 15) is 9.59 Å². The Bertz CT molecular complexity index is 1160. The van der Waals surface area contributed by atoms with Crippen LogP contribution >= 0.6 is 0 Å². The zero-order chi connectivity index (χ0) is 25.0. The fourth-order valence-corrected chi connectivity index (χ4v) is 4.16. The third-order valence-corrected chi connectivity index (χ3v) is 6.41. The van der Waals surface area contributed by atoms with E-state index in [1.807, 2.05) is 65.6 Å². The Hall–Kier alpha value is -3.80. The average molecular weight is 472 g/mol. The molecule has 1 aliphatic heterocycles. The van der Waals surface area contributed by atoms with Crippen molar-refractivity contribution < 1.29 is 14.3 Å². The van der Waals surface area contributed by atoms with Crippen LogP contribution in [0.15, 0.2) is 72.8 Å². The summed E-state index contributed by atoms with van der Waals surface area (Å²) in [6, 6.07) is 22.9. The van der Waals surface area contributed by atoms with E-state index in [1.54, 1.807) is 19.2 Å². The molecule has 4 rings (SSSR count). The number of methoxy groups -OCH3 is 1. The number of hydrogen-bond donors (Lipinski definition) is 1.